The topological polar surface area (TPSA) is 68.3 Å². The third-order valence-corrected chi connectivity index (χ3v) is 5.98. The molecule has 2 aliphatic rings. The van der Waals surface area contributed by atoms with E-state index in [1.807, 2.05) is 19.9 Å². The van der Waals surface area contributed by atoms with E-state index in [2.05, 4.69) is 18.7 Å². The molecule has 0 saturated carbocycles. The predicted octanol–water partition coefficient (Wildman–Crippen LogP) is 3.58. The van der Waals surface area contributed by atoms with Crippen molar-refractivity contribution in [3.8, 4) is 11.5 Å². The zero-order valence-electron chi connectivity index (χ0n) is 20.1. The molecule has 1 fully saturated rings. The minimum absolute atomic E-state index is 0.118. The second kappa shape index (κ2) is 10.4. The molecule has 1 saturated heterocycles. The number of carbonyl (C=O) groups excluding carboxylic acids is 2. The Labute approximate surface area is 191 Å². The molecule has 0 aromatic heterocycles. The molecule has 176 valence electrons. The normalized spacial score (nSPS) is 21.7. The Morgan fingerprint density at radius 2 is 1.66 bits per heavy atom. The largest absolute Gasteiger partial charge is 0.493 e. The molecule has 0 radical (unpaired) electrons. The maximum Gasteiger partial charge on any atom is 0.277 e. The molecule has 2 atom stereocenters. The van der Waals surface area contributed by atoms with Crippen LogP contribution in [0.2, 0.25) is 0 Å². The summed E-state index contributed by atoms with van der Waals surface area (Å²) in [6, 6.07) is 5.38. The molecule has 1 aromatic carbocycles. The van der Waals surface area contributed by atoms with Crippen molar-refractivity contribution < 1.29 is 23.8 Å². The Hall–Kier alpha value is -2.54. The molecule has 32 heavy (non-hydrogen) atoms. The summed E-state index contributed by atoms with van der Waals surface area (Å²) in [5.74, 6) is 1.54. The summed E-state index contributed by atoms with van der Waals surface area (Å²) in [6.07, 6.45) is 1.84. The monoisotopic (exact) mass is 444 g/mol. The highest BCUT2D eigenvalue weighted by molar-refractivity contribution is 6.35. The van der Waals surface area contributed by atoms with E-state index < -0.39 is 0 Å². The summed E-state index contributed by atoms with van der Waals surface area (Å²) in [7, 11) is 3.14. The van der Waals surface area contributed by atoms with Crippen LogP contribution in [-0.2, 0) is 14.3 Å². The number of hydrogen-bond donors (Lipinski definition) is 0. The smallest absolute Gasteiger partial charge is 0.277 e. The summed E-state index contributed by atoms with van der Waals surface area (Å²) < 4.78 is 16.4. The van der Waals surface area contributed by atoms with Crippen LogP contribution < -0.4 is 9.47 Å². The van der Waals surface area contributed by atoms with Gasteiger partial charge in [-0.05, 0) is 56.2 Å². The number of likely N-dealkylation sites (tertiary alicyclic amines) is 1. The molecule has 7 heteroatoms. The first kappa shape index (κ1) is 24.1. The van der Waals surface area contributed by atoms with E-state index in [0.29, 0.717) is 59.7 Å². The fourth-order valence-electron chi connectivity index (χ4n) is 4.70. The lowest BCUT2D eigenvalue weighted by Crippen LogP contribution is -2.42. The van der Waals surface area contributed by atoms with Crippen molar-refractivity contribution in [3.05, 3.63) is 29.5 Å². The van der Waals surface area contributed by atoms with Gasteiger partial charge in [0, 0.05) is 26.2 Å². The van der Waals surface area contributed by atoms with Gasteiger partial charge in [0.2, 0.25) is 0 Å². The first-order chi connectivity index (χ1) is 15.3. The fourth-order valence-corrected chi connectivity index (χ4v) is 4.70. The minimum Gasteiger partial charge on any atom is -0.493 e. The van der Waals surface area contributed by atoms with Gasteiger partial charge in [0.1, 0.15) is 5.70 Å². The third kappa shape index (κ3) is 5.09. The highest BCUT2D eigenvalue weighted by Gasteiger charge is 2.42. The van der Waals surface area contributed by atoms with Crippen LogP contribution in [0.5, 0.6) is 11.5 Å². The molecule has 2 heterocycles. The number of hydrogen-bond acceptors (Lipinski definition) is 6. The average molecular weight is 445 g/mol. The van der Waals surface area contributed by atoms with Crippen molar-refractivity contribution in [1.82, 2.24) is 9.80 Å². The molecular formula is C25H36N2O5. The molecule has 7 nitrogen and oxygen atoms in total. The number of piperidine rings is 1. The minimum atomic E-state index is -0.257. The van der Waals surface area contributed by atoms with Gasteiger partial charge in [-0.2, -0.15) is 0 Å². The van der Waals surface area contributed by atoms with Crippen molar-refractivity contribution in [3.63, 3.8) is 0 Å². The van der Waals surface area contributed by atoms with E-state index in [1.54, 1.807) is 26.4 Å². The van der Waals surface area contributed by atoms with E-state index in [0.717, 1.165) is 19.5 Å². The SMILES string of the molecule is COc1ccc(C2=C(N3CC(C)CC(C)C3)C(=O)N(CCCOC(C)C)C2=O)cc1OC. The Morgan fingerprint density at radius 1 is 1.00 bits per heavy atom. The van der Waals surface area contributed by atoms with E-state index in [4.69, 9.17) is 14.2 Å². The highest BCUT2D eigenvalue weighted by atomic mass is 16.5. The lowest BCUT2D eigenvalue weighted by atomic mass is 9.91. The predicted molar refractivity (Wildman–Crippen MR) is 123 cm³/mol. The summed E-state index contributed by atoms with van der Waals surface area (Å²) >= 11 is 0. The van der Waals surface area contributed by atoms with Crippen molar-refractivity contribution in [2.75, 3.05) is 40.5 Å². The van der Waals surface area contributed by atoms with Gasteiger partial charge >= 0.3 is 0 Å². The Balaban J connectivity index is 1.98. The van der Waals surface area contributed by atoms with Gasteiger partial charge in [0.15, 0.2) is 11.5 Å². The second-order valence-electron chi connectivity index (χ2n) is 9.18. The molecule has 2 unspecified atom stereocenters. The quantitative estimate of drug-likeness (QED) is 0.428. The van der Waals surface area contributed by atoms with Crippen LogP contribution >= 0.6 is 0 Å². The second-order valence-corrected chi connectivity index (χ2v) is 9.18. The molecule has 0 spiro atoms. The molecule has 0 bridgehead atoms. The van der Waals surface area contributed by atoms with Crippen LogP contribution in [0.4, 0.5) is 0 Å². The lowest BCUT2D eigenvalue weighted by molar-refractivity contribution is -0.138. The fraction of sp³-hybridized carbons (Fsp3) is 0.600. The Bertz CT molecular complexity index is 869. The molecule has 2 aliphatic heterocycles. The van der Waals surface area contributed by atoms with E-state index in [1.165, 1.54) is 4.90 Å². The summed E-state index contributed by atoms with van der Waals surface area (Å²) in [6.45, 7) is 10.7. The number of methoxy groups -OCH3 is 2. The lowest BCUT2D eigenvalue weighted by Gasteiger charge is -2.37. The van der Waals surface area contributed by atoms with E-state index in [9.17, 15) is 9.59 Å². The molecule has 0 N–H and O–H groups in total. The molecule has 2 amide bonds. The number of benzene rings is 1. The van der Waals surface area contributed by atoms with Gasteiger partial charge in [-0.25, -0.2) is 0 Å². The van der Waals surface area contributed by atoms with Gasteiger partial charge < -0.3 is 19.1 Å². The van der Waals surface area contributed by atoms with Crippen molar-refractivity contribution in [2.24, 2.45) is 11.8 Å². The van der Waals surface area contributed by atoms with Gasteiger partial charge in [-0.1, -0.05) is 19.9 Å². The van der Waals surface area contributed by atoms with Crippen molar-refractivity contribution >= 4 is 17.4 Å². The number of nitrogens with zero attached hydrogens (tertiary/aromatic N) is 2. The van der Waals surface area contributed by atoms with Crippen LogP contribution in [0.25, 0.3) is 5.57 Å². The van der Waals surface area contributed by atoms with Crippen molar-refractivity contribution in [2.45, 2.75) is 46.6 Å². The van der Waals surface area contributed by atoms with Crippen LogP contribution in [0, 0.1) is 11.8 Å². The Morgan fingerprint density at radius 3 is 2.25 bits per heavy atom. The molecular weight excluding hydrogens is 408 g/mol. The Kier molecular flexibility index (Phi) is 7.82. The zero-order chi connectivity index (χ0) is 23.4. The maximum absolute atomic E-state index is 13.5. The maximum atomic E-state index is 13.5. The van der Waals surface area contributed by atoms with Crippen molar-refractivity contribution in [1.29, 1.82) is 0 Å². The van der Waals surface area contributed by atoms with Crippen LogP contribution in [0.1, 0.15) is 46.1 Å². The number of rotatable bonds is 9. The standard InChI is InChI=1S/C25H36N2O5/c1-16(2)32-11-7-10-27-24(28)22(19-8-9-20(30-5)21(13-19)31-6)23(25(27)29)26-14-17(3)12-18(4)15-26/h8-9,13,16-18H,7,10-12,14-15H2,1-6H3. The van der Waals surface area contributed by atoms with Crippen LogP contribution in [0.15, 0.2) is 23.9 Å². The number of imide groups is 1. The zero-order valence-corrected chi connectivity index (χ0v) is 20.1. The summed E-state index contributed by atoms with van der Waals surface area (Å²) in [5, 5.41) is 0. The number of carbonyl (C=O) groups is 2. The van der Waals surface area contributed by atoms with Gasteiger partial charge in [0.25, 0.3) is 11.8 Å². The van der Waals surface area contributed by atoms with Gasteiger partial charge in [-0.15, -0.1) is 0 Å². The summed E-state index contributed by atoms with van der Waals surface area (Å²) in [5.41, 5.74) is 1.62. The van der Waals surface area contributed by atoms with Gasteiger partial charge in [0.05, 0.1) is 25.9 Å². The third-order valence-electron chi connectivity index (χ3n) is 5.98. The highest BCUT2D eigenvalue weighted by Crippen LogP contribution is 2.38. The first-order valence-electron chi connectivity index (χ1n) is 11.5. The number of ether oxygens (including phenoxy) is 3. The van der Waals surface area contributed by atoms with Crippen LogP contribution in [-0.4, -0.2) is 68.2 Å². The number of amides is 2. The molecule has 1 aromatic rings. The molecule has 3 rings (SSSR count). The summed E-state index contributed by atoms with van der Waals surface area (Å²) in [4.78, 5) is 30.5. The van der Waals surface area contributed by atoms with Gasteiger partial charge in [-0.3, -0.25) is 14.5 Å². The molecule has 0 aliphatic carbocycles. The van der Waals surface area contributed by atoms with E-state index >= 15 is 0 Å². The van der Waals surface area contributed by atoms with E-state index in [-0.39, 0.29) is 17.9 Å². The van der Waals surface area contributed by atoms with Crippen LogP contribution in [0.3, 0.4) is 0 Å². The first-order valence-corrected chi connectivity index (χ1v) is 11.5. The average Bonchev–Trinajstić information content (AvgIpc) is 2.99.